The molecule has 0 radical (unpaired) electrons. The molecule has 0 saturated carbocycles. The lowest BCUT2D eigenvalue weighted by molar-refractivity contribution is -0.113. The Hall–Kier alpha value is -1.98. The molecule has 0 unspecified atom stereocenters. The predicted molar refractivity (Wildman–Crippen MR) is 96.2 cm³/mol. The number of carbonyl (C=O) groups is 1. The zero-order chi connectivity index (χ0) is 15.9. The number of hydrogen-bond acceptors (Lipinski definition) is 3. The van der Waals surface area contributed by atoms with Crippen LogP contribution in [0.1, 0.15) is 21.6 Å². The smallest absolute Gasteiger partial charge is 0.281 e. The molecular weight excluding hydrogens is 312 g/mol. The van der Waals surface area contributed by atoms with Crippen molar-refractivity contribution in [3.63, 3.8) is 0 Å². The predicted octanol–water partition coefficient (Wildman–Crippen LogP) is 3.94. The van der Waals surface area contributed by atoms with E-state index in [2.05, 4.69) is 11.4 Å². The third-order valence-corrected chi connectivity index (χ3v) is 4.77. The highest BCUT2D eigenvalue weighted by Crippen LogP contribution is 2.26. The van der Waals surface area contributed by atoms with Crippen LogP contribution in [0, 0.1) is 20.8 Å². The number of nitrogens with one attached hydrogen (secondary N) is 1. The highest BCUT2D eigenvalue weighted by molar-refractivity contribution is 7.80. The van der Waals surface area contributed by atoms with Gasteiger partial charge in [-0.2, -0.15) is 0 Å². The maximum atomic E-state index is 12.7. The van der Waals surface area contributed by atoms with Crippen LogP contribution in [-0.2, 0) is 4.79 Å². The third kappa shape index (κ3) is 2.69. The summed E-state index contributed by atoms with van der Waals surface area (Å²) >= 11 is 6.96. The molecule has 1 aliphatic rings. The maximum Gasteiger partial charge on any atom is 0.281 e. The maximum absolute atomic E-state index is 12.7. The molecule has 1 aliphatic heterocycles. The van der Waals surface area contributed by atoms with Crippen molar-refractivity contribution in [2.24, 2.45) is 0 Å². The van der Waals surface area contributed by atoms with Crippen LogP contribution in [0.25, 0.3) is 6.08 Å². The van der Waals surface area contributed by atoms with E-state index in [4.69, 9.17) is 12.2 Å². The van der Waals surface area contributed by atoms with Gasteiger partial charge in [-0.15, -0.1) is 11.3 Å². The summed E-state index contributed by atoms with van der Waals surface area (Å²) in [7, 11) is 0. The fraction of sp³-hybridized carbons (Fsp3) is 0.176. The number of hydrogen-bond donors (Lipinski definition) is 1. The number of thiocarbonyl (C=S) groups is 1. The molecule has 112 valence electrons. The first kappa shape index (κ1) is 14.9. The van der Waals surface area contributed by atoms with E-state index in [1.165, 1.54) is 0 Å². The van der Waals surface area contributed by atoms with Gasteiger partial charge in [-0.05, 0) is 79.3 Å². The summed E-state index contributed by atoms with van der Waals surface area (Å²) in [6, 6.07) is 8.05. The summed E-state index contributed by atoms with van der Waals surface area (Å²) in [5, 5.41) is 5.47. The van der Waals surface area contributed by atoms with Gasteiger partial charge in [-0.25, -0.2) is 0 Å². The van der Waals surface area contributed by atoms with Crippen LogP contribution < -0.4 is 10.2 Å². The lowest BCUT2D eigenvalue weighted by atomic mass is 10.1. The molecule has 1 amide bonds. The van der Waals surface area contributed by atoms with Gasteiger partial charge < -0.3 is 5.32 Å². The van der Waals surface area contributed by atoms with Gasteiger partial charge in [-0.1, -0.05) is 6.07 Å². The van der Waals surface area contributed by atoms with Gasteiger partial charge in [-0.3, -0.25) is 9.69 Å². The van der Waals surface area contributed by atoms with Gasteiger partial charge in [0, 0.05) is 4.88 Å². The lowest BCUT2D eigenvalue weighted by Crippen LogP contribution is -2.30. The first-order valence-corrected chi connectivity index (χ1v) is 8.24. The van der Waals surface area contributed by atoms with E-state index in [9.17, 15) is 4.79 Å². The van der Waals surface area contributed by atoms with Gasteiger partial charge in [0.15, 0.2) is 5.11 Å². The van der Waals surface area contributed by atoms with Crippen LogP contribution >= 0.6 is 23.6 Å². The van der Waals surface area contributed by atoms with E-state index < -0.39 is 0 Å². The number of thiophene rings is 1. The van der Waals surface area contributed by atoms with Crippen molar-refractivity contribution >= 4 is 46.3 Å². The van der Waals surface area contributed by atoms with Crippen molar-refractivity contribution in [1.29, 1.82) is 0 Å². The zero-order valence-corrected chi connectivity index (χ0v) is 14.3. The Morgan fingerprint density at radius 1 is 1.18 bits per heavy atom. The molecule has 0 spiro atoms. The number of amides is 1. The fourth-order valence-corrected chi connectivity index (χ4v) is 3.67. The number of aryl methyl sites for hydroxylation is 3. The van der Waals surface area contributed by atoms with E-state index in [0.29, 0.717) is 10.8 Å². The molecule has 22 heavy (non-hydrogen) atoms. The summed E-state index contributed by atoms with van der Waals surface area (Å²) in [6.07, 6.45) is 1.87. The number of benzene rings is 1. The van der Waals surface area contributed by atoms with Crippen molar-refractivity contribution < 1.29 is 4.79 Å². The van der Waals surface area contributed by atoms with Crippen LogP contribution in [0.4, 0.5) is 5.69 Å². The second-order valence-corrected chi connectivity index (χ2v) is 6.78. The standard InChI is InChI=1S/C17H16N2OS2/c1-10-6-11(2)8-13(7-10)19-16(20)14(18-17(19)21)9-15-12(3)4-5-22-15/h4-9H,1-3H3,(H,18,21)/b14-9-. The quantitative estimate of drug-likeness (QED) is 0.669. The molecule has 5 heteroatoms. The molecule has 3 rings (SSSR count). The highest BCUT2D eigenvalue weighted by Gasteiger charge is 2.32. The minimum absolute atomic E-state index is 0.109. The molecular formula is C17H16N2OS2. The molecule has 0 atom stereocenters. The number of nitrogens with zero attached hydrogens (tertiary/aromatic N) is 1. The van der Waals surface area contributed by atoms with E-state index >= 15 is 0 Å². The summed E-state index contributed by atoms with van der Waals surface area (Å²) in [5.41, 5.74) is 4.71. The summed E-state index contributed by atoms with van der Waals surface area (Å²) < 4.78 is 0. The third-order valence-electron chi connectivity index (χ3n) is 3.52. The largest absolute Gasteiger partial charge is 0.327 e. The molecule has 2 aromatic rings. The van der Waals surface area contributed by atoms with E-state index in [1.807, 2.05) is 50.4 Å². The molecule has 1 N–H and O–H groups in total. The highest BCUT2D eigenvalue weighted by atomic mass is 32.1. The Bertz CT molecular complexity index is 784. The minimum Gasteiger partial charge on any atom is -0.327 e. The number of rotatable bonds is 2. The van der Waals surface area contributed by atoms with Crippen LogP contribution in [0.5, 0.6) is 0 Å². The number of carbonyl (C=O) groups excluding carboxylic acids is 1. The molecule has 0 bridgehead atoms. The average Bonchev–Trinajstić information content (AvgIpc) is 2.94. The van der Waals surface area contributed by atoms with Crippen LogP contribution in [0.15, 0.2) is 35.3 Å². The Morgan fingerprint density at radius 3 is 2.45 bits per heavy atom. The molecule has 1 fully saturated rings. The molecule has 2 heterocycles. The van der Waals surface area contributed by atoms with Gasteiger partial charge in [0.25, 0.3) is 5.91 Å². The fourth-order valence-electron chi connectivity index (χ4n) is 2.51. The second kappa shape index (κ2) is 5.66. The zero-order valence-electron chi connectivity index (χ0n) is 12.6. The second-order valence-electron chi connectivity index (χ2n) is 5.44. The Morgan fingerprint density at radius 2 is 1.86 bits per heavy atom. The first-order chi connectivity index (χ1) is 10.5. The monoisotopic (exact) mass is 328 g/mol. The average molecular weight is 328 g/mol. The van der Waals surface area contributed by atoms with Gasteiger partial charge >= 0.3 is 0 Å². The molecule has 1 aromatic heterocycles. The molecule has 3 nitrogen and oxygen atoms in total. The minimum atomic E-state index is -0.109. The van der Waals surface area contributed by atoms with Gasteiger partial charge in [0.05, 0.1) is 5.69 Å². The van der Waals surface area contributed by atoms with Crippen molar-refractivity contribution in [3.05, 3.63) is 56.9 Å². The number of anilines is 1. The van der Waals surface area contributed by atoms with Crippen LogP contribution in [0.2, 0.25) is 0 Å². The van der Waals surface area contributed by atoms with Crippen molar-refractivity contribution in [2.75, 3.05) is 4.90 Å². The Balaban J connectivity index is 1.98. The molecule has 1 saturated heterocycles. The Labute approximate surface area is 139 Å². The summed E-state index contributed by atoms with van der Waals surface area (Å²) in [5.74, 6) is -0.109. The van der Waals surface area contributed by atoms with Crippen molar-refractivity contribution in [1.82, 2.24) is 5.32 Å². The van der Waals surface area contributed by atoms with E-state index in [1.54, 1.807) is 16.2 Å². The van der Waals surface area contributed by atoms with Crippen molar-refractivity contribution in [2.45, 2.75) is 20.8 Å². The van der Waals surface area contributed by atoms with Gasteiger partial charge in [0.1, 0.15) is 5.70 Å². The Kier molecular flexibility index (Phi) is 3.85. The van der Waals surface area contributed by atoms with E-state index in [-0.39, 0.29) is 5.91 Å². The summed E-state index contributed by atoms with van der Waals surface area (Å²) in [4.78, 5) is 15.3. The lowest BCUT2D eigenvalue weighted by Gasteiger charge is -2.15. The summed E-state index contributed by atoms with van der Waals surface area (Å²) in [6.45, 7) is 6.06. The molecule has 1 aromatic carbocycles. The first-order valence-electron chi connectivity index (χ1n) is 6.95. The van der Waals surface area contributed by atoms with Crippen molar-refractivity contribution in [3.8, 4) is 0 Å². The molecule has 0 aliphatic carbocycles. The van der Waals surface area contributed by atoms with E-state index in [0.717, 1.165) is 27.3 Å². The van der Waals surface area contributed by atoms with Crippen LogP contribution in [0.3, 0.4) is 0 Å². The van der Waals surface area contributed by atoms with Gasteiger partial charge in [0.2, 0.25) is 0 Å². The topological polar surface area (TPSA) is 32.3 Å². The SMILES string of the molecule is Cc1cc(C)cc(N2C(=O)/C(=C/c3sccc3C)NC2=S)c1. The normalized spacial score (nSPS) is 16.5. The van der Waals surface area contributed by atoms with Crippen LogP contribution in [-0.4, -0.2) is 11.0 Å².